The molecule has 4 aromatic rings. The summed E-state index contributed by atoms with van der Waals surface area (Å²) in [5, 5.41) is 18.3. The van der Waals surface area contributed by atoms with Crippen LogP contribution in [0.5, 0.6) is 11.5 Å². The molecular weight excluding hydrogens is 388 g/mol. The minimum absolute atomic E-state index is 0.0264. The van der Waals surface area contributed by atoms with Crippen molar-refractivity contribution in [2.45, 2.75) is 6.92 Å². The van der Waals surface area contributed by atoms with Crippen molar-refractivity contribution in [1.29, 1.82) is 0 Å². The van der Waals surface area contributed by atoms with Crippen LogP contribution in [0.1, 0.15) is 16.2 Å². The zero-order valence-corrected chi connectivity index (χ0v) is 16.4. The first-order chi connectivity index (χ1) is 14.5. The van der Waals surface area contributed by atoms with Gasteiger partial charge in [-0.3, -0.25) is 5.10 Å². The molecule has 0 radical (unpaired) electrons. The highest BCUT2D eigenvalue weighted by Crippen LogP contribution is 2.32. The van der Waals surface area contributed by atoms with E-state index in [-0.39, 0.29) is 5.95 Å². The number of carboxylic acid groups (broad SMARTS) is 1. The average molecular weight is 405 g/mol. The smallest absolute Gasteiger partial charge is 0.269 e. The minimum atomic E-state index is -1.46. The molecule has 0 bridgehead atoms. The summed E-state index contributed by atoms with van der Waals surface area (Å²) in [6, 6.07) is 12.8. The molecule has 0 saturated carbocycles. The monoisotopic (exact) mass is 405 g/mol. The summed E-state index contributed by atoms with van der Waals surface area (Å²) in [5.74, 6) is -0.199. The first kappa shape index (κ1) is 19.2. The van der Waals surface area contributed by atoms with Crippen molar-refractivity contribution < 1.29 is 23.8 Å². The Morgan fingerprint density at radius 1 is 1.10 bits per heavy atom. The SMILES string of the molecule is COc1ccc(-c2cc(=Nc3n[nH]c(C(=O)[O-])n3)c3cc(C)ccc3o2)cc1OC. The van der Waals surface area contributed by atoms with Gasteiger partial charge in [0.2, 0.25) is 0 Å². The quantitative estimate of drug-likeness (QED) is 0.539. The Kier molecular flexibility index (Phi) is 4.93. The zero-order chi connectivity index (χ0) is 21.3. The van der Waals surface area contributed by atoms with Gasteiger partial charge in [-0.05, 0) is 37.3 Å². The molecule has 0 aliphatic carbocycles. The predicted octanol–water partition coefficient (Wildman–Crippen LogP) is 2.14. The van der Waals surface area contributed by atoms with E-state index in [2.05, 4.69) is 20.2 Å². The first-order valence-electron chi connectivity index (χ1n) is 8.94. The van der Waals surface area contributed by atoms with Crippen LogP contribution in [-0.4, -0.2) is 35.4 Å². The number of hydrogen-bond donors (Lipinski definition) is 1. The lowest BCUT2D eigenvalue weighted by atomic mass is 10.1. The van der Waals surface area contributed by atoms with E-state index in [0.717, 1.165) is 16.5 Å². The topological polar surface area (TPSA) is 126 Å². The van der Waals surface area contributed by atoms with Crippen LogP contribution < -0.4 is 19.9 Å². The van der Waals surface area contributed by atoms with E-state index >= 15 is 0 Å². The number of aromatic nitrogens is 3. The molecule has 30 heavy (non-hydrogen) atoms. The van der Waals surface area contributed by atoms with Gasteiger partial charge in [-0.15, -0.1) is 5.10 Å². The largest absolute Gasteiger partial charge is 0.542 e. The molecule has 1 N–H and O–H groups in total. The lowest BCUT2D eigenvalue weighted by Crippen LogP contribution is -2.23. The van der Waals surface area contributed by atoms with Crippen molar-refractivity contribution in [3.63, 3.8) is 0 Å². The Balaban J connectivity index is 1.94. The highest BCUT2D eigenvalue weighted by Gasteiger charge is 2.11. The van der Waals surface area contributed by atoms with Crippen molar-refractivity contribution in [3.05, 3.63) is 59.2 Å². The molecule has 2 aromatic heterocycles. The van der Waals surface area contributed by atoms with Gasteiger partial charge in [0, 0.05) is 17.0 Å². The second-order valence-corrected chi connectivity index (χ2v) is 6.45. The molecule has 0 unspecified atom stereocenters. The normalized spacial score (nSPS) is 11.6. The van der Waals surface area contributed by atoms with Crippen molar-refractivity contribution in [2.75, 3.05) is 14.2 Å². The zero-order valence-electron chi connectivity index (χ0n) is 16.4. The van der Waals surface area contributed by atoms with E-state index in [1.54, 1.807) is 32.4 Å². The molecule has 0 aliphatic rings. The number of H-pyrrole nitrogens is 1. The fraction of sp³-hybridized carbons (Fsp3) is 0.143. The van der Waals surface area contributed by atoms with Crippen LogP contribution in [0, 0.1) is 6.92 Å². The van der Waals surface area contributed by atoms with Gasteiger partial charge in [0.1, 0.15) is 17.3 Å². The fourth-order valence-corrected chi connectivity index (χ4v) is 3.01. The number of carboxylic acids is 1. The maximum atomic E-state index is 11.0. The third-order valence-electron chi connectivity index (χ3n) is 4.45. The number of hydrogen-bond acceptors (Lipinski definition) is 8. The molecule has 9 nitrogen and oxygen atoms in total. The maximum Gasteiger partial charge on any atom is 0.269 e. The number of carbonyl (C=O) groups excluding carboxylic acids is 1. The van der Waals surface area contributed by atoms with E-state index in [1.165, 1.54) is 0 Å². The molecule has 0 amide bonds. The Morgan fingerprint density at radius 2 is 1.90 bits per heavy atom. The number of methoxy groups -OCH3 is 2. The third kappa shape index (κ3) is 3.60. The van der Waals surface area contributed by atoms with Crippen LogP contribution >= 0.6 is 0 Å². The van der Waals surface area contributed by atoms with E-state index in [1.807, 2.05) is 31.2 Å². The lowest BCUT2D eigenvalue weighted by molar-refractivity contribution is -0.256. The van der Waals surface area contributed by atoms with Crippen molar-refractivity contribution >= 4 is 22.9 Å². The summed E-state index contributed by atoms with van der Waals surface area (Å²) < 4.78 is 16.8. The average Bonchev–Trinajstić information content (AvgIpc) is 3.22. The maximum absolute atomic E-state index is 11.0. The number of rotatable bonds is 5. The highest BCUT2D eigenvalue weighted by atomic mass is 16.5. The van der Waals surface area contributed by atoms with Crippen LogP contribution in [0.2, 0.25) is 0 Å². The van der Waals surface area contributed by atoms with Crippen LogP contribution in [-0.2, 0) is 0 Å². The molecule has 0 atom stereocenters. The van der Waals surface area contributed by atoms with E-state index in [0.29, 0.717) is 28.2 Å². The molecular formula is C21H17N4O5-. The number of aromatic carboxylic acids is 1. The lowest BCUT2D eigenvalue weighted by Gasteiger charge is -2.10. The van der Waals surface area contributed by atoms with Crippen LogP contribution in [0.25, 0.3) is 22.3 Å². The number of nitrogens with one attached hydrogen (secondary N) is 1. The number of carbonyl (C=O) groups is 1. The number of fused-ring (bicyclic) bond motifs is 1. The molecule has 9 heteroatoms. The fourth-order valence-electron chi connectivity index (χ4n) is 3.01. The second kappa shape index (κ2) is 7.70. The summed E-state index contributed by atoms with van der Waals surface area (Å²) in [5.41, 5.74) is 2.36. The first-order valence-corrected chi connectivity index (χ1v) is 8.94. The molecule has 0 fully saturated rings. The van der Waals surface area contributed by atoms with Crippen LogP contribution in [0.3, 0.4) is 0 Å². The van der Waals surface area contributed by atoms with E-state index in [9.17, 15) is 9.90 Å². The summed E-state index contributed by atoms with van der Waals surface area (Å²) >= 11 is 0. The van der Waals surface area contributed by atoms with Crippen LogP contribution in [0.15, 0.2) is 51.9 Å². The molecule has 0 spiro atoms. The molecule has 4 rings (SSSR count). The van der Waals surface area contributed by atoms with Gasteiger partial charge < -0.3 is 23.8 Å². The predicted molar refractivity (Wildman–Crippen MR) is 105 cm³/mol. The van der Waals surface area contributed by atoms with Gasteiger partial charge in [0.25, 0.3) is 5.95 Å². The Morgan fingerprint density at radius 3 is 2.60 bits per heavy atom. The van der Waals surface area contributed by atoms with Gasteiger partial charge in [0.05, 0.1) is 19.6 Å². The van der Waals surface area contributed by atoms with Gasteiger partial charge in [-0.2, -0.15) is 4.98 Å². The summed E-state index contributed by atoms with van der Waals surface area (Å²) in [6.45, 7) is 1.95. The molecule has 152 valence electrons. The second-order valence-electron chi connectivity index (χ2n) is 6.45. The molecule has 2 heterocycles. The van der Waals surface area contributed by atoms with Crippen molar-refractivity contribution in [1.82, 2.24) is 15.2 Å². The standard InChI is InChI=1S/C21H18N4O5/c1-11-4-6-15-13(8-11)14(22-21-23-19(20(26)27)24-25-21)10-17(30-15)12-5-7-16(28-2)18(9-12)29-3/h4-10H,1-3H3,(H,26,27)(H,23,24,25)/p-1. The Labute approximate surface area is 170 Å². The summed E-state index contributed by atoms with van der Waals surface area (Å²) in [7, 11) is 3.12. The van der Waals surface area contributed by atoms with Gasteiger partial charge in [-0.1, -0.05) is 11.6 Å². The third-order valence-corrected chi connectivity index (χ3v) is 4.45. The number of nitrogens with zero attached hydrogens (tertiary/aromatic N) is 3. The number of ether oxygens (including phenoxy) is 2. The highest BCUT2D eigenvalue weighted by molar-refractivity contribution is 5.81. The number of benzene rings is 2. The molecule has 0 saturated heterocycles. The Hall–Kier alpha value is -4.14. The van der Waals surface area contributed by atoms with E-state index < -0.39 is 11.8 Å². The van der Waals surface area contributed by atoms with E-state index in [4.69, 9.17) is 13.9 Å². The molecule has 2 aromatic carbocycles. The molecule has 0 aliphatic heterocycles. The van der Waals surface area contributed by atoms with Gasteiger partial charge in [-0.25, -0.2) is 4.99 Å². The summed E-state index contributed by atoms with van der Waals surface area (Å²) in [4.78, 5) is 19.2. The van der Waals surface area contributed by atoms with Gasteiger partial charge in [0.15, 0.2) is 17.3 Å². The van der Waals surface area contributed by atoms with Gasteiger partial charge >= 0.3 is 0 Å². The number of aromatic amines is 1. The van der Waals surface area contributed by atoms with Crippen molar-refractivity contribution in [2.24, 2.45) is 4.99 Å². The minimum Gasteiger partial charge on any atom is -0.542 e. The van der Waals surface area contributed by atoms with Crippen LogP contribution in [0.4, 0.5) is 5.95 Å². The van der Waals surface area contributed by atoms with Crippen molar-refractivity contribution in [3.8, 4) is 22.8 Å². The Bertz CT molecular complexity index is 1320. The number of aryl methyl sites for hydroxylation is 1. The summed E-state index contributed by atoms with van der Waals surface area (Å²) in [6.07, 6.45) is 0.